The van der Waals surface area contributed by atoms with E-state index in [1.54, 1.807) is 18.2 Å². The molecule has 0 saturated heterocycles. The summed E-state index contributed by atoms with van der Waals surface area (Å²) in [5.74, 6) is 0. The summed E-state index contributed by atoms with van der Waals surface area (Å²) in [6.45, 7) is 4.15. The van der Waals surface area contributed by atoms with Crippen LogP contribution in [-0.4, -0.2) is 12.6 Å². The van der Waals surface area contributed by atoms with Crippen LogP contribution in [-0.2, 0) is 0 Å². The molecule has 24 heavy (non-hydrogen) atoms. The first-order valence-corrected chi connectivity index (χ1v) is 7.86. The predicted octanol–water partition coefficient (Wildman–Crippen LogP) is 5.26. The van der Waals surface area contributed by atoms with Crippen LogP contribution in [0.25, 0.3) is 22.3 Å². The van der Waals surface area contributed by atoms with Crippen molar-refractivity contribution in [3.8, 4) is 22.3 Å². The summed E-state index contributed by atoms with van der Waals surface area (Å²) in [4.78, 5) is 23.1. The molecule has 2 nitrogen and oxygen atoms in total. The van der Waals surface area contributed by atoms with Gasteiger partial charge in [-0.05, 0) is 41.7 Å². The van der Waals surface area contributed by atoms with Crippen molar-refractivity contribution < 1.29 is 9.59 Å². The van der Waals surface area contributed by atoms with Crippen molar-refractivity contribution in [3.63, 3.8) is 0 Å². The molecule has 3 aromatic rings. The molecule has 0 aliphatic heterocycles. The molecule has 0 aromatic heterocycles. The Morgan fingerprint density at radius 3 is 1.54 bits per heavy atom. The van der Waals surface area contributed by atoms with Crippen LogP contribution in [0.15, 0.2) is 60.7 Å². The molecule has 0 aliphatic carbocycles. The molecular weight excluding hydrogens is 296 g/mol. The minimum absolute atomic E-state index is 0.526. The van der Waals surface area contributed by atoms with Crippen molar-refractivity contribution in [1.82, 2.24) is 0 Å². The highest BCUT2D eigenvalue weighted by Gasteiger charge is 2.16. The molecule has 0 N–H and O–H groups in total. The van der Waals surface area contributed by atoms with Gasteiger partial charge in [0.25, 0.3) is 0 Å². The second-order valence-electron chi connectivity index (χ2n) is 5.86. The van der Waals surface area contributed by atoms with Gasteiger partial charge in [-0.15, -0.1) is 0 Å². The maximum Gasteiger partial charge on any atom is 0.150 e. The van der Waals surface area contributed by atoms with E-state index >= 15 is 0 Å². The molecular formula is C22H18O2. The Kier molecular flexibility index (Phi) is 4.39. The van der Waals surface area contributed by atoms with Crippen LogP contribution in [0, 0.1) is 13.8 Å². The number of aldehydes is 2. The third-order valence-electron chi connectivity index (χ3n) is 4.33. The molecule has 0 saturated carbocycles. The zero-order valence-electron chi connectivity index (χ0n) is 13.7. The van der Waals surface area contributed by atoms with Crippen molar-refractivity contribution in [2.24, 2.45) is 0 Å². The fraction of sp³-hybridized carbons (Fsp3) is 0.0909. The molecule has 118 valence electrons. The Morgan fingerprint density at radius 2 is 1.04 bits per heavy atom. The number of carbonyl (C=O) groups excluding carboxylic acids is 2. The van der Waals surface area contributed by atoms with Gasteiger partial charge in [-0.1, -0.05) is 60.7 Å². The third-order valence-corrected chi connectivity index (χ3v) is 4.33. The molecule has 0 radical (unpaired) electrons. The van der Waals surface area contributed by atoms with Crippen molar-refractivity contribution >= 4 is 12.6 Å². The molecule has 3 aromatic carbocycles. The lowest BCUT2D eigenvalue weighted by molar-refractivity contribution is 0.112. The van der Waals surface area contributed by atoms with Crippen molar-refractivity contribution in [2.45, 2.75) is 13.8 Å². The Hall–Kier alpha value is -3.00. The van der Waals surface area contributed by atoms with Gasteiger partial charge in [-0.3, -0.25) is 9.59 Å². The zero-order chi connectivity index (χ0) is 17.1. The Bertz CT molecular complexity index is 877. The highest BCUT2D eigenvalue weighted by molar-refractivity contribution is 6.01. The summed E-state index contributed by atoms with van der Waals surface area (Å²) < 4.78 is 0. The summed E-state index contributed by atoms with van der Waals surface area (Å²) in [7, 11) is 0. The number of aryl methyl sites for hydroxylation is 2. The van der Waals surface area contributed by atoms with E-state index in [4.69, 9.17) is 0 Å². The van der Waals surface area contributed by atoms with Gasteiger partial charge in [0.15, 0.2) is 12.6 Å². The van der Waals surface area contributed by atoms with E-state index in [0.717, 1.165) is 29.3 Å². The summed E-state index contributed by atoms with van der Waals surface area (Å²) in [6, 6.07) is 19.3. The molecule has 2 heteroatoms. The standard InChI is InChI=1S/C22H18O2/c1-15-7-5-8-16(2)21(15)19-11-3-4-12-20(19)22-17(13-23)9-6-10-18(22)14-24/h3-14H,1-2H3. The zero-order valence-corrected chi connectivity index (χ0v) is 13.7. The minimum atomic E-state index is 0.526. The van der Waals surface area contributed by atoms with Crippen LogP contribution in [0.5, 0.6) is 0 Å². The van der Waals surface area contributed by atoms with Gasteiger partial charge in [0.2, 0.25) is 0 Å². The van der Waals surface area contributed by atoms with E-state index in [-0.39, 0.29) is 0 Å². The number of carbonyl (C=O) groups is 2. The van der Waals surface area contributed by atoms with Gasteiger partial charge in [-0.2, -0.15) is 0 Å². The van der Waals surface area contributed by atoms with Crippen molar-refractivity contribution in [2.75, 3.05) is 0 Å². The second kappa shape index (κ2) is 6.63. The van der Waals surface area contributed by atoms with Crippen LogP contribution in [0.4, 0.5) is 0 Å². The first-order chi connectivity index (χ1) is 11.7. The summed E-state index contributed by atoms with van der Waals surface area (Å²) >= 11 is 0. The molecule has 0 spiro atoms. The molecule has 0 unspecified atom stereocenters. The fourth-order valence-electron chi connectivity index (χ4n) is 3.25. The molecule has 3 rings (SSSR count). The van der Waals surface area contributed by atoms with E-state index < -0.39 is 0 Å². The average molecular weight is 314 g/mol. The highest BCUT2D eigenvalue weighted by Crippen LogP contribution is 2.38. The van der Waals surface area contributed by atoms with E-state index in [9.17, 15) is 9.59 Å². The van der Waals surface area contributed by atoms with Crippen molar-refractivity contribution in [3.05, 3.63) is 82.9 Å². The molecule has 0 fully saturated rings. The summed E-state index contributed by atoms with van der Waals surface area (Å²) in [6.07, 6.45) is 1.62. The van der Waals surface area contributed by atoms with Crippen LogP contribution in [0.1, 0.15) is 31.8 Å². The van der Waals surface area contributed by atoms with Gasteiger partial charge in [-0.25, -0.2) is 0 Å². The number of rotatable bonds is 4. The molecule has 0 atom stereocenters. The fourth-order valence-corrected chi connectivity index (χ4v) is 3.25. The maximum absolute atomic E-state index is 11.5. The average Bonchev–Trinajstić information content (AvgIpc) is 2.61. The normalized spacial score (nSPS) is 10.4. The molecule has 0 heterocycles. The van der Waals surface area contributed by atoms with E-state index in [2.05, 4.69) is 26.0 Å². The Balaban J connectivity index is 2.38. The van der Waals surface area contributed by atoms with E-state index in [0.29, 0.717) is 16.7 Å². The topological polar surface area (TPSA) is 34.1 Å². The second-order valence-corrected chi connectivity index (χ2v) is 5.86. The van der Waals surface area contributed by atoms with Crippen LogP contribution < -0.4 is 0 Å². The van der Waals surface area contributed by atoms with Gasteiger partial charge in [0.1, 0.15) is 0 Å². The first-order valence-electron chi connectivity index (χ1n) is 7.86. The summed E-state index contributed by atoms with van der Waals surface area (Å²) in [5.41, 5.74) is 7.16. The monoisotopic (exact) mass is 314 g/mol. The lowest BCUT2D eigenvalue weighted by atomic mass is 9.86. The van der Waals surface area contributed by atoms with Crippen molar-refractivity contribution in [1.29, 1.82) is 0 Å². The SMILES string of the molecule is Cc1cccc(C)c1-c1ccccc1-c1c(C=O)cccc1C=O. The lowest BCUT2D eigenvalue weighted by Gasteiger charge is -2.17. The maximum atomic E-state index is 11.5. The van der Waals surface area contributed by atoms with Crippen LogP contribution >= 0.6 is 0 Å². The van der Waals surface area contributed by atoms with Crippen LogP contribution in [0.3, 0.4) is 0 Å². The number of hydrogen-bond acceptors (Lipinski definition) is 2. The summed E-state index contributed by atoms with van der Waals surface area (Å²) in [5, 5.41) is 0. The molecule has 0 amide bonds. The molecule has 0 aliphatic rings. The number of hydrogen-bond donors (Lipinski definition) is 0. The minimum Gasteiger partial charge on any atom is -0.298 e. The third kappa shape index (κ3) is 2.67. The van der Waals surface area contributed by atoms with Crippen LogP contribution in [0.2, 0.25) is 0 Å². The Labute approximate surface area is 141 Å². The highest BCUT2D eigenvalue weighted by atomic mass is 16.1. The largest absolute Gasteiger partial charge is 0.298 e. The quantitative estimate of drug-likeness (QED) is 0.615. The Morgan fingerprint density at radius 1 is 0.583 bits per heavy atom. The van der Waals surface area contributed by atoms with Gasteiger partial charge in [0, 0.05) is 16.7 Å². The first kappa shape index (κ1) is 15.9. The van der Waals surface area contributed by atoms with E-state index in [1.807, 2.05) is 30.3 Å². The lowest BCUT2D eigenvalue weighted by Crippen LogP contribution is -1.97. The smallest absolute Gasteiger partial charge is 0.150 e. The van der Waals surface area contributed by atoms with E-state index in [1.165, 1.54) is 11.1 Å². The predicted molar refractivity (Wildman–Crippen MR) is 97.6 cm³/mol. The van der Waals surface area contributed by atoms with Gasteiger partial charge < -0.3 is 0 Å². The number of benzene rings is 3. The van der Waals surface area contributed by atoms with Gasteiger partial charge >= 0.3 is 0 Å². The molecule has 0 bridgehead atoms. The van der Waals surface area contributed by atoms with Gasteiger partial charge in [0.05, 0.1) is 0 Å².